The maximum Gasteiger partial charge on any atom is 0.270 e. The van der Waals surface area contributed by atoms with Crippen LogP contribution in [0.25, 0.3) is 0 Å². The molecule has 1 aromatic rings. The third-order valence-electron chi connectivity index (χ3n) is 4.89. The summed E-state index contributed by atoms with van der Waals surface area (Å²) < 4.78 is 0. The number of amides is 1. The summed E-state index contributed by atoms with van der Waals surface area (Å²) in [4.78, 5) is 19.1. The fraction of sp³-hybridized carbons (Fsp3) is 0.667. The van der Waals surface area contributed by atoms with Gasteiger partial charge in [-0.1, -0.05) is 25.7 Å². The van der Waals surface area contributed by atoms with E-state index in [0.717, 1.165) is 31.6 Å². The molecule has 1 saturated carbocycles. The Balaban J connectivity index is 1.64. The van der Waals surface area contributed by atoms with Gasteiger partial charge in [-0.05, 0) is 44.2 Å². The fourth-order valence-corrected chi connectivity index (χ4v) is 3.58. The van der Waals surface area contributed by atoms with Gasteiger partial charge in [-0.25, -0.2) is 0 Å². The highest BCUT2D eigenvalue weighted by Crippen LogP contribution is 2.21. The van der Waals surface area contributed by atoms with E-state index in [4.69, 9.17) is 0 Å². The van der Waals surface area contributed by atoms with Gasteiger partial charge < -0.3 is 10.2 Å². The highest BCUT2D eigenvalue weighted by Gasteiger charge is 2.18. The smallest absolute Gasteiger partial charge is 0.270 e. The van der Waals surface area contributed by atoms with Crippen LogP contribution < -0.4 is 10.2 Å². The number of carbonyl (C=O) groups excluding carboxylic acids is 1. The average molecular weight is 301 g/mol. The molecule has 1 amide bonds. The zero-order valence-electron chi connectivity index (χ0n) is 13.4. The molecule has 0 atom stereocenters. The Morgan fingerprint density at radius 1 is 1.05 bits per heavy atom. The van der Waals surface area contributed by atoms with E-state index >= 15 is 0 Å². The van der Waals surface area contributed by atoms with E-state index < -0.39 is 0 Å². The number of hydrogen-bond acceptors (Lipinski definition) is 3. The number of anilines is 1. The lowest BCUT2D eigenvalue weighted by atomic mass is 10.1. The van der Waals surface area contributed by atoms with Crippen LogP contribution in [0.4, 0.5) is 5.69 Å². The summed E-state index contributed by atoms with van der Waals surface area (Å²) in [5.74, 6) is -0.00856. The van der Waals surface area contributed by atoms with Crippen molar-refractivity contribution in [2.45, 2.75) is 63.8 Å². The molecule has 0 spiro atoms. The van der Waals surface area contributed by atoms with Gasteiger partial charge in [-0.3, -0.25) is 9.78 Å². The standard InChI is InChI=1S/C18H27N3O/c22-18(20-15-8-4-1-2-5-9-15)17-14-16(10-11-19-17)21-12-6-3-7-13-21/h10-11,14-15H,1-9,12-13H2,(H,20,22). The maximum atomic E-state index is 12.5. The third-order valence-corrected chi connectivity index (χ3v) is 4.89. The number of aromatic nitrogens is 1. The predicted octanol–water partition coefficient (Wildman–Crippen LogP) is 3.52. The van der Waals surface area contributed by atoms with Crippen molar-refractivity contribution >= 4 is 11.6 Å². The second-order valence-corrected chi connectivity index (χ2v) is 6.61. The van der Waals surface area contributed by atoms with E-state index in [9.17, 15) is 4.79 Å². The normalized spacial score (nSPS) is 20.5. The van der Waals surface area contributed by atoms with Crippen LogP contribution in [0.5, 0.6) is 0 Å². The molecule has 22 heavy (non-hydrogen) atoms. The molecule has 4 heteroatoms. The van der Waals surface area contributed by atoms with Crippen LogP contribution in [0.15, 0.2) is 18.3 Å². The summed E-state index contributed by atoms with van der Waals surface area (Å²) in [6, 6.07) is 4.31. The summed E-state index contributed by atoms with van der Waals surface area (Å²) >= 11 is 0. The molecule has 2 heterocycles. The minimum absolute atomic E-state index is 0.00856. The lowest BCUT2D eigenvalue weighted by Gasteiger charge is -2.28. The molecule has 4 nitrogen and oxygen atoms in total. The van der Waals surface area contributed by atoms with Gasteiger partial charge in [-0.15, -0.1) is 0 Å². The monoisotopic (exact) mass is 301 g/mol. The summed E-state index contributed by atoms with van der Waals surface area (Å²) in [6.45, 7) is 2.18. The number of carbonyl (C=O) groups is 1. The molecule has 0 unspecified atom stereocenters. The Kier molecular flexibility index (Phi) is 5.30. The van der Waals surface area contributed by atoms with Crippen LogP contribution in [0, 0.1) is 0 Å². The van der Waals surface area contributed by atoms with Gasteiger partial charge in [0.1, 0.15) is 5.69 Å². The highest BCUT2D eigenvalue weighted by atomic mass is 16.1. The first-order chi connectivity index (χ1) is 10.8. The number of rotatable bonds is 3. The molecule has 2 fully saturated rings. The van der Waals surface area contributed by atoms with Gasteiger partial charge in [0.15, 0.2) is 0 Å². The molecule has 1 N–H and O–H groups in total. The maximum absolute atomic E-state index is 12.5. The van der Waals surface area contributed by atoms with Crippen LogP contribution in [-0.2, 0) is 0 Å². The second kappa shape index (κ2) is 7.61. The third kappa shape index (κ3) is 3.99. The molecule has 0 bridgehead atoms. The van der Waals surface area contributed by atoms with Crippen molar-refractivity contribution in [3.8, 4) is 0 Å². The van der Waals surface area contributed by atoms with E-state index in [1.54, 1.807) is 6.20 Å². The van der Waals surface area contributed by atoms with E-state index in [-0.39, 0.29) is 5.91 Å². The van der Waals surface area contributed by atoms with Gasteiger partial charge in [0, 0.05) is 31.0 Å². The average Bonchev–Trinajstić information content (AvgIpc) is 2.84. The summed E-state index contributed by atoms with van der Waals surface area (Å²) in [5, 5.41) is 3.19. The Bertz CT molecular complexity index is 489. The predicted molar refractivity (Wildman–Crippen MR) is 89.3 cm³/mol. The summed E-state index contributed by atoms with van der Waals surface area (Å²) in [7, 11) is 0. The Hall–Kier alpha value is -1.58. The van der Waals surface area contributed by atoms with Crippen LogP contribution in [0.3, 0.4) is 0 Å². The zero-order valence-corrected chi connectivity index (χ0v) is 13.4. The lowest BCUT2D eigenvalue weighted by molar-refractivity contribution is 0.0928. The number of nitrogens with zero attached hydrogens (tertiary/aromatic N) is 2. The van der Waals surface area contributed by atoms with E-state index in [1.165, 1.54) is 44.9 Å². The number of piperidine rings is 1. The van der Waals surface area contributed by atoms with Gasteiger partial charge in [-0.2, -0.15) is 0 Å². The Labute approximate surface area is 133 Å². The molecule has 120 valence electrons. The van der Waals surface area contributed by atoms with Crippen LogP contribution in [0.2, 0.25) is 0 Å². The lowest BCUT2D eigenvalue weighted by Crippen LogP contribution is -2.35. The fourth-order valence-electron chi connectivity index (χ4n) is 3.58. The molecule has 1 aromatic heterocycles. The van der Waals surface area contributed by atoms with Gasteiger partial charge >= 0.3 is 0 Å². The number of hydrogen-bond donors (Lipinski definition) is 1. The van der Waals surface area contributed by atoms with Crippen LogP contribution in [0.1, 0.15) is 68.3 Å². The van der Waals surface area contributed by atoms with Gasteiger partial charge in [0.2, 0.25) is 0 Å². The van der Waals surface area contributed by atoms with Crippen LogP contribution in [-0.4, -0.2) is 30.0 Å². The molecule has 1 aliphatic heterocycles. The largest absolute Gasteiger partial charge is 0.371 e. The first kappa shape index (κ1) is 15.3. The minimum Gasteiger partial charge on any atom is -0.371 e. The first-order valence-corrected chi connectivity index (χ1v) is 8.85. The molecule has 1 saturated heterocycles. The highest BCUT2D eigenvalue weighted by molar-refractivity contribution is 5.93. The zero-order chi connectivity index (χ0) is 15.2. The van der Waals surface area contributed by atoms with Crippen molar-refractivity contribution < 1.29 is 4.79 Å². The van der Waals surface area contributed by atoms with Gasteiger partial charge in [0.05, 0.1) is 0 Å². The topological polar surface area (TPSA) is 45.2 Å². The van der Waals surface area contributed by atoms with Crippen molar-refractivity contribution in [1.82, 2.24) is 10.3 Å². The van der Waals surface area contributed by atoms with E-state index in [0.29, 0.717) is 11.7 Å². The van der Waals surface area contributed by atoms with Crippen molar-refractivity contribution in [2.75, 3.05) is 18.0 Å². The molecular formula is C18H27N3O. The first-order valence-electron chi connectivity index (χ1n) is 8.85. The van der Waals surface area contributed by atoms with Crippen LogP contribution >= 0.6 is 0 Å². The van der Waals surface area contributed by atoms with Crippen molar-refractivity contribution in [3.05, 3.63) is 24.0 Å². The molecule has 0 radical (unpaired) electrons. The summed E-state index contributed by atoms with van der Waals surface area (Å²) in [6.07, 6.45) is 12.8. The minimum atomic E-state index is -0.00856. The Morgan fingerprint density at radius 3 is 2.45 bits per heavy atom. The molecule has 1 aliphatic carbocycles. The van der Waals surface area contributed by atoms with Crippen molar-refractivity contribution in [3.63, 3.8) is 0 Å². The molecular weight excluding hydrogens is 274 g/mol. The van der Waals surface area contributed by atoms with Crippen molar-refractivity contribution in [2.24, 2.45) is 0 Å². The quantitative estimate of drug-likeness (QED) is 0.869. The molecule has 3 rings (SSSR count). The Morgan fingerprint density at radius 2 is 1.73 bits per heavy atom. The molecule has 2 aliphatic rings. The van der Waals surface area contributed by atoms with Gasteiger partial charge in [0.25, 0.3) is 5.91 Å². The summed E-state index contributed by atoms with van der Waals surface area (Å²) in [5.41, 5.74) is 1.70. The van der Waals surface area contributed by atoms with E-state index in [2.05, 4.69) is 15.2 Å². The number of nitrogens with one attached hydrogen (secondary N) is 1. The molecule has 0 aromatic carbocycles. The number of pyridine rings is 1. The van der Waals surface area contributed by atoms with Crippen molar-refractivity contribution in [1.29, 1.82) is 0 Å². The SMILES string of the molecule is O=C(NC1CCCCCC1)c1cc(N2CCCCC2)ccn1. The van der Waals surface area contributed by atoms with E-state index in [1.807, 2.05) is 12.1 Å². The second-order valence-electron chi connectivity index (χ2n) is 6.61.